The van der Waals surface area contributed by atoms with Gasteiger partial charge in [0, 0.05) is 10.0 Å². The standard InChI is InChI=1S/C31H33BrO7/c1-3-17-35-26-25(33)27(36-18-21-11-15-24(34-2)16-12-21)30-28(37-19-20-9-13-23(32)14-10-20)29(26)38-31(39-30)22-7-5-4-6-8-22/h3-16,25-31,33H,1,17-19H2,2H3/t25-,26+,27+,28+,29+,30-,31-/m1/s1. The number of rotatable bonds is 11. The monoisotopic (exact) mass is 596 g/mol. The topological polar surface area (TPSA) is 75.6 Å². The lowest BCUT2D eigenvalue weighted by atomic mass is 9.83. The van der Waals surface area contributed by atoms with Gasteiger partial charge in [-0.05, 0) is 35.4 Å². The molecular formula is C31H33BrO7. The second-order valence-corrected chi connectivity index (χ2v) is 10.5. The Morgan fingerprint density at radius 2 is 1.36 bits per heavy atom. The van der Waals surface area contributed by atoms with Gasteiger partial charge in [0.1, 0.15) is 42.4 Å². The summed E-state index contributed by atoms with van der Waals surface area (Å²) in [6, 6.07) is 25.3. The second kappa shape index (κ2) is 13.2. The average Bonchev–Trinajstić information content (AvgIpc) is 2.97. The number of fused-ring (bicyclic) bond motifs is 2. The number of methoxy groups -OCH3 is 1. The van der Waals surface area contributed by atoms with Crippen LogP contribution in [0.3, 0.4) is 0 Å². The fourth-order valence-corrected chi connectivity index (χ4v) is 5.24. The third kappa shape index (κ3) is 6.61. The lowest BCUT2D eigenvalue weighted by Crippen LogP contribution is -2.69. The Kier molecular flexibility index (Phi) is 9.47. The van der Waals surface area contributed by atoms with Gasteiger partial charge in [0.15, 0.2) is 6.29 Å². The predicted octanol–water partition coefficient (Wildman–Crippen LogP) is 5.36. The van der Waals surface area contributed by atoms with Gasteiger partial charge < -0.3 is 33.5 Å². The molecule has 1 saturated carbocycles. The van der Waals surface area contributed by atoms with E-state index in [9.17, 15) is 5.11 Å². The molecule has 1 N–H and O–H groups in total. The van der Waals surface area contributed by atoms with E-state index in [1.54, 1.807) is 13.2 Å². The third-order valence-corrected chi connectivity index (χ3v) is 7.49. The molecule has 1 aliphatic heterocycles. The van der Waals surface area contributed by atoms with Gasteiger partial charge >= 0.3 is 0 Å². The molecule has 5 rings (SSSR count). The van der Waals surface area contributed by atoms with Crippen LogP contribution >= 0.6 is 15.9 Å². The minimum Gasteiger partial charge on any atom is -0.497 e. The molecule has 0 radical (unpaired) electrons. The van der Waals surface area contributed by atoms with Crippen LogP contribution in [0.2, 0.25) is 0 Å². The van der Waals surface area contributed by atoms with E-state index in [4.69, 9.17) is 28.4 Å². The first-order valence-corrected chi connectivity index (χ1v) is 13.7. The molecule has 1 heterocycles. The van der Waals surface area contributed by atoms with Crippen molar-refractivity contribution in [3.8, 4) is 5.75 Å². The first-order chi connectivity index (χ1) is 19.1. The van der Waals surface area contributed by atoms with E-state index < -0.39 is 42.9 Å². The van der Waals surface area contributed by atoms with Gasteiger partial charge in [-0.25, -0.2) is 0 Å². The Labute approximate surface area is 237 Å². The van der Waals surface area contributed by atoms with Crippen molar-refractivity contribution < 1.29 is 33.5 Å². The fraction of sp³-hybridized carbons (Fsp3) is 0.355. The van der Waals surface area contributed by atoms with Crippen LogP contribution in [-0.4, -0.2) is 55.4 Å². The van der Waals surface area contributed by atoms with Crippen LogP contribution in [0.15, 0.2) is 96.0 Å². The Balaban J connectivity index is 1.43. The first kappa shape index (κ1) is 28.0. The molecule has 1 aliphatic carbocycles. The minimum absolute atomic E-state index is 0.244. The molecule has 206 valence electrons. The zero-order chi connectivity index (χ0) is 27.2. The van der Waals surface area contributed by atoms with Crippen molar-refractivity contribution in [2.75, 3.05) is 13.7 Å². The Bertz CT molecular complexity index is 1190. The molecule has 2 bridgehead atoms. The van der Waals surface area contributed by atoms with E-state index in [0.717, 1.165) is 26.9 Å². The molecule has 39 heavy (non-hydrogen) atoms. The van der Waals surface area contributed by atoms with Crippen molar-refractivity contribution >= 4 is 15.9 Å². The van der Waals surface area contributed by atoms with Crippen molar-refractivity contribution in [3.63, 3.8) is 0 Å². The number of hydrogen-bond donors (Lipinski definition) is 1. The van der Waals surface area contributed by atoms with Crippen LogP contribution in [0, 0.1) is 0 Å². The van der Waals surface area contributed by atoms with Crippen molar-refractivity contribution in [1.29, 1.82) is 0 Å². The third-order valence-electron chi connectivity index (χ3n) is 6.97. The van der Waals surface area contributed by atoms with Gasteiger partial charge in [-0.1, -0.05) is 76.6 Å². The zero-order valence-corrected chi connectivity index (χ0v) is 23.3. The van der Waals surface area contributed by atoms with Crippen LogP contribution in [0.25, 0.3) is 0 Å². The largest absolute Gasteiger partial charge is 0.497 e. The highest BCUT2D eigenvalue weighted by Gasteiger charge is 2.58. The Morgan fingerprint density at radius 1 is 0.795 bits per heavy atom. The molecule has 8 heteroatoms. The molecule has 1 saturated heterocycles. The van der Waals surface area contributed by atoms with E-state index >= 15 is 0 Å². The molecule has 0 aromatic heterocycles. The average molecular weight is 598 g/mol. The maximum absolute atomic E-state index is 11.5. The highest BCUT2D eigenvalue weighted by atomic mass is 79.9. The van der Waals surface area contributed by atoms with E-state index in [1.807, 2.05) is 78.9 Å². The SMILES string of the molecule is C=CCO[C@H]1[C@@H](O)[C@H](OCc2ccc(OC)cc2)[C@H]2O[C@H](c3ccccc3)O[C@@H]1[C@@H]2OCc1ccc(Br)cc1. The quantitative estimate of drug-likeness (QED) is 0.299. The molecule has 3 aromatic rings. The Morgan fingerprint density at radius 3 is 1.95 bits per heavy atom. The molecule has 7 atom stereocenters. The molecule has 0 amide bonds. The smallest absolute Gasteiger partial charge is 0.184 e. The number of aliphatic hydroxyl groups is 1. The summed E-state index contributed by atoms with van der Waals surface area (Å²) in [6.07, 6.45) is -3.23. The van der Waals surface area contributed by atoms with Gasteiger partial charge in [0.25, 0.3) is 0 Å². The van der Waals surface area contributed by atoms with Gasteiger partial charge in [0.2, 0.25) is 0 Å². The number of benzene rings is 3. The molecule has 3 aromatic carbocycles. The molecule has 7 nitrogen and oxygen atoms in total. The van der Waals surface area contributed by atoms with E-state index in [0.29, 0.717) is 6.61 Å². The molecule has 0 unspecified atom stereocenters. The lowest BCUT2D eigenvalue weighted by molar-refractivity contribution is -0.371. The normalized spacial score (nSPS) is 28.1. The van der Waals surface area contributed by atoms with Gasteiger partial charge in [0.05, 0.1) is 26.9 Å². The first-order valence-electron chi connectivity index (χ1n) is 12.9. The second-order valence-electron chi connectivity index (χ2n) is 9.55. The molecule has 2 fully saturated rings. The number of aliphatic hydroxyl groups excluding tert-OH is 1. The summed E-state index contributed by atoms with van der Waals surface area (Å²) < 4.78 is 38.1. The summed E-state index contributed by atoms with van der Waals surface area (Å²) in [5.74, 6) is 0.761. The number of halogens is 1. The Hall–Kier alpha value is -2.56. The van der Waals surface area contributed by atoms with Crippen molar-refractivity contribution in [2.24, 2.45) is 0 Å². The predicted molar refractivity (Wildman–Crippen MR) is 149 cm³/mol. The number of ether oxygens (including phenoxy) is 6. The van der Waals surface area contributed by atoms with Crippen molar-refractivity contribution in [3.05, 3.63) is 113 Å². The van der Waals surface area contributed by atoms with Crippen LogP contribution in [0.1, 0.15) is 23.0 Å². The maximum Gasteiger partial charge on any atom is 0.184 e. The fourth-order valence-electron chi connectivity index (χ4n) is 4.97. The summed E-state index contributed by atoms with van der Waals surface area (Å²) >= 11 is 3.48. The van der Waals surface area contributed by atoms with E-state index in [-0.39, 0.29) is 13.2 Å². The van der Waals surface area contributed by atoms with Gasteiger partial charge in [-0.2, -0.15) is 0 Å². The highest BCUT2D eigenvalue weighted by Crippen LogP contribution is 2.42. The summed E-state index contributed by atoms with van der Waals surface area (Å²) in [6.45, 7) is 4.62. The van der Waals surface area contributed by atoms with Crippen LogP contribution < -0.4 is 4.74 Å². The van der Waals surface area contributed by atoms with Crippen LogP contribution in [0.5, 0.6) is 5.75 Å². The van der Waals surface area contributed by atoms with E-state index in [1.165, 1.54) is 0 Å². The van der Waals surface area contributed by atoms with Crippen LogP contribution in [-0.2, 0) is 36.9 Å². The minimum atomic E-state index is -1.01. The maximum atomic E-state index is 11.5. The molecular weight excluding hydrogens is 564 g/mol. The summed E-state index contributed by atoms with van der Waals surface area (Å²) in [5.41, 5.74) is 2.81. The van der Waals surface area contributed by atoms with Gasteiger partial charge in [-0.15, -0.1) is 6.58 Å². The highest BCUT2D eigenvalue weighted by molar-refractivity contribution is 9.10. The lowest BCUT2D eigenvalue weighted by Gasteiger charge is -2.53. The summed E-state index contributed by atoms with van der Waals surface area (Å²) in [7, 11) is 1.63. The van der Waals surface area contributed by atoms with Crippen molar-refractivity contribution in [2.45, 2.75) is 56.1 Å². The zero-order valence-electron chi connectivity index (χ0n) is 21.7. The molecule has 2 aliphatic rings. The number of hydrogen-bond acceptors (Lipinski definition) is 7. The van der Waals surface area contributed by atoms with Gasteiger partial charge in [-0.3, -0.25) is 0 Å². The van der Waals surface area contributed by atoms with Crippen molar-refractivity contribution in [1.82, 2.24) is 0 Å². The molecule has 0 spiro atoms. The van der Waals surface area contributed by atoms with E-state index in [2.05, 4.69) is 22.5 Å². The summed E-state index contributed by atoms with van der Waals surface area (Å²) in [4.78, 5) is 0. The van der Waals surface area contributed by atoms with Crippen LogP contribution in [0.4, 0.5) is 0 Å². The summed E-state index contributed by atoms with van der Waals surface area (Å²) in [5, 5.41) is 11.5.